The molecule has 0 spiro atoms. The minimum absolute atomic E-state index is 0. The van der Waals surface area contributed by atoms with Crippen LogP contribution in [-0.4, -0.2) is 45.8 Å². The predicted molar refractivity (Wildman–Crippen MR) is 111 cm³/mol. The SMILES string of the molecule is CN=C(NCCCCSC)NCc1ccc(OC)c(OC)c1.I. The van der Waals surface area contributed by atoms with Crippen molar-refractivity contribution in [2.75, 3.05) is 39.8 Å². The minimum atomic E-state index is 0. The molecule has 0 amide bonds. The van der Waals surface area contributed by atoms with Gasteiger partial charge in [0, 0.05) is 20.1 Å². The van der Waals surface area contributed by atoms with Gasteiger partial charge in [0.1, 0.15) is 0 Å². The summed E-state index contributed by atoms with van der Waals surface area (Å²) in [7, 11) is 5.06. The van der Waals surface area contributed by atoms with Gasteiger partial charge in [0.05, 0.1) is 14.2 Å². The highest BCUT2D eigenvalue weighted by atomic mass is 127. The Morgan fingerprint density at radius 2 is 1.87 bits per heavy atom. The number of hydrogen-bond acceptors (Lipinski definition) is 4. The molecule has 0 aliphatic carbocycles. The fourth-order valence-corrected chi connectivity index (χ4v) is 2.47. The van der Waals surface area contributed by atoms with E-state index in [1.54, 1.807) is 21.3 Å². The van der Waals surface area contributed by atoms with Gasteiger partial charge in [-0.3, -0.25) is 4.99 Å². The first kappa shape index (κ1) is 22.2. The molecule has 0 heterocycles. The molecule has 0 radical (unpaired) electrons. The van der Waals surface area contributed by atoms with Gasteiger partial charge >= 0.3 is 0 Å². The maximum absolute atomic E-state index is 5.31. The molecule has 1 rings (SSSR count). The van der Waals surface area contributed by atoms with Gasteiger partial charge in [-0.25, -0.2) is 0 Å². The molecule has 5 nitrogen and oxygen atoms in total. The van der Waals surface area contributed by atoms with E-state index >= 15 is 0 Å². The smallest absolute Gasteiger partial charge is 0.191 e. The Morgan fingerprint density at radius 1 is 1.13 bits per heavy atom. The maximum Gasteiger partial charge on any atom is 0.191 e. The van der Waals surface area contributed by atoms with Gasteiger partial charge < -0.3 is 20.1 Å². The summed E-state index contributed by atoms with van der Waals surface area (Å²) in [5.74, 6) is 3.50. The second-order valence-corrected chi connectivity index (χ2v) is 5.73. The van der Waals surface area contributed by atoms with Crippen molar-refractivity contribution in [1.82, 2.24) is 10.6 Å². The third-order valence-corrected chi connectivity index (χ3v) is 3.90. The molecule has 0 aromatic heterocycles. The minimum Gasteiger partial charge on any atom is -0.493 e. The summed E-state index contributed by atoms with van der Waals surface area (Å²) in [5, 5.41) is 6.63. The van der Waals surface area contributed by atoms with Crippen LogP contribution in [0.25, 0.3) is 0 Å². The maximum atomic E-state index is 5.31. The van der Waals surface area contributed by atoms with Crippen LogP contribution in [0.4, 0.5) is 0 Å². The lowest BCUT2D eigenvalue weighted by Gasteiger charge is -2.13. The quantitative estimate of drug-likeness (QED) is 0.261. The van der Waals surface area contributed by atoms with Crippen LogP contribution in [-0.2, 0) is 6.54 Å². The van der Waals surface area contributed by atoms with Crippen molar-refractivity contribution in [1.29, 1.82) is 0 Å². The summed E-state index contributed by atoms with van der Waals surface area (Å²) in [6.45, 7) is 1.62. The summed E-state index contributed by atoms with van der Waals surface area (Å²) in [6, 6.07) is 5.89. The highest BCUT2D eigenvalue weighted by Crippen LogP contribution is 2.27. The molecule has 0 aliphatic rings. The van der Waals surface area contributed by atoms with Crippen LogP contribution >= 0.6 is 35.7 Å². The zero-order valence-electron chi connectivity index (χ0n) is 14.3. The molecule has 2 N–H and O–H groups in total. The molecule has 0 fully saturated rings. The zero-order valence-corrected chi connectivity index (χ0v) is 17.5. The summed E-state index contributed by atoms with van der Waals surface area (Å²) < 4.78 is 10.6. The highest BCUT2D eigenvalue weighted by molar-refractivity contribution is 14.0. The first-order chi connectivity index (χ1) is 10.7. The number of aliphatic imine (C=N–C) groups is 1. The van der Waals surface area contributed by atoms with Crippen molar-refractivity contribution in [3.05, 3.63) is 23.8 Å². The van der Waals surface area contributed by atoms with Crippen molar-refractivity contribution in [2.45, 2.75) is 19.4 Å². The van der Waals surface area contributed by atoms with Gasteiger partial charge in [-0.1, -0.05) is 6.07 Å². The van der Waals surface area contributed by atoms with Crippen LogP contribution in [0.3, 0.4) is 0 Å². The van der Waals surface area contributed by atoms with E-state index in [0.29, 0.717) is 6.54 Å². The van der Waals surface area contributed by atoms with Crippen molar-refractivity contribution in [2.24, 2.45) is 4.99 Å². The number of thioether (sulfide) groups is 1. The van der Waals surface area contributed by atoms with Crippen LogP contribution in [0, 0.1) is 0 Å². The topological polar surface area (TPSA) is 54.9 Å². The van der Waals surface area contributed by atoms with Gasteiger partial charge in [0.2, 0.25) is 0 Å². The Labute approximate surface area is 161 Å². The number of benzene rings is 1. The van der Waals surface area contributed by atoms with Gasteiger partial charge in [-0.05, 0) is 42.5 Å². The van der Waals surface area contributed by atoms with Gasteiger partial charge in [0.25, 0.3) is 0 Å². The van der Waals surface area contributed by atoms with E-state index < -0.39 is 0 Å². The van der Waals surface area contributed by atoms with E-state index in [-0.39, 0.29) is 24.0 Å². The summed E-state index contributed by atoms with van der Waals surface area (Å²) in [5.41, 5.74) is 1.11. The molecule has 1 aromatic rings. The average Bonchev–Trinajstić information content (AvgIpc) is 2.57. The fourth-order valence-electron chi connectivity index (χ4n) is 1.98. The van der Waals surface area contributed by atoms with Gasteiger partial charge in [0.15, 0.2) is 17.5 Å². The molecule has 132 valence electrons. The Morgan fingerprint density at radius 3 is 2.48 bits per heavy atom. The Bertz CT molecular complexity index is 473. The van der Waals surface area contributed by atoms with Gasteiger partial charge in [-0.15, -0.1) is 24.0 Å². The first-order valence-electron chi connectivity index (χ1n) is 7.39. The zero-order chi connectivity index (χ0) is 16.2. The van der Waals surface area contributed by atoms with E-state index in [1.807, 2.05) is 30.0 Å². The molecular formula is C16H28IN3O2S. The van der Waals surface area contributed by atoms with Crippen LogP contribution in [0.15, 0.2) is 23.2 Å². The van der Waals surface area contributed by atoms with E-state index in [2.05, 4.69) is 21.9 Å². The third-order valence-electron chi connectivity index (χ3n) is 3.20. The lowest BCUT2D eigenvalue weighted by Crippen LogP contribution is -2.37. The van der Waals surface area contributed by atoms with Crippen molar-refractivity contribution < 1.29 is 9.47 Å². The van der Waals surface area contributed by atoms with Crippen LogP contribution in [0.2, 0.25) is 0 Å². The standard InChI is InChI=1S/C16H27N3O2S.HI/c1-17-16(18-9-5-6-10-22-4)19-12-13-7-8-14(20-2)15(11-13)21-3;/h7-8,11H,5-6,9-10,12H2,1-4H3,(H2,17,18,19);1H. The van der Waals surface area contributed by atoms with Crippen molar-refractivity contribution >= 4 is 41.7 Å². The second kappa shape index (κ2) is 13.6. The number of guanidine groups is 1. The highest BCUT2D eigenvalue weighted by Gasteiger charge is 2.05. The van der Waals surface area contributed by atoms with Crippen LogP contribution in [0.5, 0.6) is 11.5 Å². The number of rotatable bonds is 9. The number of hydrogen-bond donors (Lipinski definition) is 2. The number of nitrogens with zero attached hydrogens (tertiary/aromatic N) is 1. The summed E-state index contributed by atoms with van der Waals surface area (Å²) in [6.07, 6.45) is 4.51. The van der Waals surface area contributed by atoms with E-state index in [0.717, 1.165) is 36.0 Å². The predicted octanol–water partition coefficient (Wildman–Crippen LogP) is 3.13. The number of halogens is 1. The number of nitrogens with one attached hydrogen (secondary N) is 2. The number of ether oxygens (including phenoxy) is 2. The molecule has 1 aromatic carbocycles. The fraction of sp³-hybridized carbons (Fsp3) is 0.562. The molecule has 7 heteroatoms. The van der Waals surface area contributed by atoms with E-state index in [9.17, 15) is 0 Å². The monoisotopic (exact) mass is 453 g/mol. The molecule has 0 saturated carbocycles. The lowest BCUT2D eigenvalue weighted by molar-refractivity contribution is 0.354. The average molecular weight is 453 g/mol. The Kier molecular flexibility index (Phi) is 13.1. The first-order valence-corrected chi connectivity index (χ1v) is 8.79. The number of unbranched alkanes of at least 4 members (excludes halogenated alkanes) is 1. The third kappa shape index (κ3) is 8.55. The summed E-state index contributed by atoms with van der Waals surface area (Å²) in [4.78, 5) is 4.23. The summed E-state index contributed by atoms with van der Waals surface area (Å²) >= 11 is 1.88. The molecular weight excluding hydrogens is 425 g/mol. The Hall–Kier alpha value is -0.830. The molecule has 0 bridgehead atoms. The molecule has 0 saturated heterocycles. The van der Waals surface area contributed by atoms with Crippen molar-refractivity contribution in [3.8, 4) is 11.5 Å². The normalized spacial score (nSPS) is 10.7. The molecule has 23 heavy (non-hydrogen) atoms. The van der Waals surface area contributed by atoms with Crippen molar-refractivity contribution in [3.63, 3.8) is 0 Å². The van der Waals surface area contributed by atoms with Crippen LogP contribution in [0.1, 0.15) is 18.4 Å². The Balaban J connectivity index is 0.00000484. The van der Waals surface area contributed by atoms with Crippen LogP contribution < -0.4 is 20.1 Å². The van der Waals surface area contributed by atoms with E-state index in [1.165, 1.54) is 12.2 Å². The van der Waals surface area contributed by atoms with Gasteiger partial charge in [-0.2, -0.15) is 11.8 Å². The largest absolute Gasteiger partial charge is 0.493 e. The number of methoxy groups -OCH3 is 2. The molecule has 0 atom stereocenters. The second-order valence-electron chi connectivity index (χ2n) is 4.74. The molecule has 0 aliphatic heterocycles. The lowest BCUT2D eigenvalue weighted by atomic mass is 10.2. The van der Waals surface area contributed by atoms with E-state index in [4.69, 9.17) is 9.47 Å². The molecule has 0 unspecified atom stereocenters.